The van der Waals surface area contributed by atoms with Gasteiger partial charge in [-0.05, 0) is 31.0 Å². The van der Waals surface area contributed by atoms with Crippen LogP contribution in [0.25, 0.3) is 11.4 Å². The molecule has 0 spiro atoms. The van der Waals surface area contributed by atoms with Crippen molar-refractivity contribution in [3.63, 3.8) is 0 Å². The maximum atomic E-state index is 6.32. The Morgan fingerprint density at radius 2 is 1.95 bits per heavy atom. The van der Waals surface area contributed by atoms with Crippen molar-refractivity contribution in [2.45, 2.75) is 33.1 Å². The molecule has 1 heterocycles. The van der Waals surface area contributed by atoms with E-state index in [4.69, 9.17) is 11.6 Å². The molecule has 1 aromatic carbocycles. The van der Waals surface area contributed by atoms with Gasteiger partial charge in [-0.25, -0.2) is 9.97 Å². The fourth-order valence-corrected chi connectivity index (χ4v) is 2.77. The zero-order valence-corrected chi connectivity index (χ0v) is 14.6. The monoisotopic (exact) mass is 367 g/mol. The van der Waals surface area contributed by atoms with Crippen molar-refractivity contribution in [3.8, 4) is 11.4 Å². The van der Waals surface area contributed by atoms with E-state index in [1.165, 1.54) is 0 Å². The van der Waals surface area contributed by atoms with Crippen LogP contribution < -0.4 is 5.32 Å². The minimum atomic E-state index is 0.652. The zero-order valence-electron chi connectivity index (χ0n) is 12.3. The summed E-state index contributed by atoms with van der Waals surface area (Å²) in [6.07, 6.45) is 3.05. The molecule has 21 heavy (non-hydrogen) atoms. The number of nitrogens with one attached hydrogen (secondary N) is 1. The van der Waals surface area contributed by atoms with Gasteiger partial charge in [0.25, 0.3) is 0 Å². The minimum Gasteiger partial charge on any atom is -0.370 e. The molecule has 0 amide bonds. The van der Waals surface area contributed by atoms with Gasteiger partial charge < -0.3 is 5.32 Å². The molecule has 0 fully saturated rings. The fourth-order valence-electron chi connectivity index (χ4n) is 2.02. The summed E-state index contributed by atoms with van der Waals surface area (Å²) in [5.41, 5.74) is 1.90. The molecule has 0 saturated heterocycles. The third-order valence-corrected chi connectivity index (χ3v) is 3.82. The Labute approximate surface area is 139 Å². The lowest BCUT2D eigenvalue weighted by Crippen LogP contribution is -2.05. The van der Waals surface area contributed by atoms with Crippen LogP contribution in [0.5, 0.6) is 0 Å². The van der Waals surface area contributed by atoms with Gasteiger partial charge in [0.15, 0.2) is 5.82 Å². The lowest BCUT2D eigenvalue weighted by molar-refractivity contribution is 0.872. The second-order valence-electron chi connectivity index (χ2n) is 4.87. The maximum Gasteiger partial charge on any atom is 0.163 e. The van der Waals surface area contributed by atoms with E-state index >= 15 is 0 Å². The first kappa shape index (κ1) is 16.2. The Balaban J connectivity index is 2.43. The smallest absolute Gasteiger partial charge is 0.163 e. The molecule has 0 aliphatic carbocycles. The molecule has 0 aliphatic heterocycles. The van der Waals surface area contributed by atoms with Gasteiger partial charge in [0.2, 0.25) is 0 Å². The molecular formula is C16H19BrClN3. The number of anilines is 1. The van der Waals surface area contributed by atoms with Gasteiger partial charge >= 0.3 is 0 Å². The number of aryl methyl sites for hydroxylation is 1. The first-order chi connectivity index (χ1) is 10.1. The van der Waals surface area contributed by atoms with E-state index in [0.29, 0.717) is 10.8 Å². The van der Waals surface area contributed by atoms with Crippen LogP contribution in [0.1, 0.15) is 32.4 Å². The molecule has 1 N–H and O–H groups in total. The Morgan fingerprint density at radius 1 is 1.14 bits per heavy atom. The average molecular weight is 369 g/mol. The summed E-state index contributed by atoms with van der Waals surface area (Å²) < 4.78 is 0.949. The standard InChI is InChI=1S/C16H19BrClN3/c1-3-5-12-10-15(19-8-4-2)21-16(20-12)13-7-6-11(17)9-14(13)18/h6-7,9-10H,3-5,8H2,1-2H3,(H,19,20,21). The van der Waals surface area contributed by atoms with Crippen molar-refractivity contribution in [2.24, 2.45) is 0 Å². The molecule has 0 saturated carbocycles. The highest BCUT2D eigenvalue weighted by atomic mass is 79.9. The van der Waals surface area contributed by atoms with E-state index in [0.717, 1.165) is 47.4 Å². The van der Waals surface area contributed by atoms with Crippen molar-refractivity contribution in [3.05, 3.63) is 39.5 Å². The molecule has 0 unspecified atom stereocenters. The molecule has 0 bridgehead atoms. The SMILES string of the molecule is CCCNc1cc(CCC)nc(-c2ccc(Br)cc2Cl)n1. The maximum absolute atomic E-state index is 6.32. The van der Waals surface area contributed by atoms with E-state index in [9.17, 15) is 0 Å². The highest BCUT2D eigenvalue weighted by Gasteiger charge is 2.10. The van der Waals surface area contributed by atoms with Gasteiger partial charge in [-0.1, -0.05) is 47.8 Å². The van der Waals surface area contributed by atoms with Crippen LogP contribution in [0.4, 0.5) is 5.82 Å². The fraction of sp³-hybridized carbons (Fsp3) is 0.375. The predicted molar refractivity (Wildman–Crippen MR) is 93.0 cm³/mol. The normalized spacial score (nSPS) is 10.7. The lowest BCUT2D eigenvalue weighted by atomic mass is 10.2. The molecule has 1 aromatic heterocycles. The van der Waals surface area contributed by atoms with Crippen molar-refractivity contribution >= 4 is 33.3 Å². The van der Waals surface area contributed by atoms with E-state index in [1.807, 2.05) is 24.3 Å². The molecule has 0 aliphatic rings. The van der Waals surface area contributed by atoms with Gasteiger partial charge in [0.05, 0.1) is 5.02 Å². The van der Waals surface area contributed by atoms with Gasteiger partial charge in [0, 0.05) is 28.3 Å². The molecule has 3 nitrogen and oxygen atoms in total. The van der Waals surface area contributed by atoms with Gasteiger partial charge in [0.1, 0.15) is 5.82 Å². The van der Waals surface area contributed by atoms with E-state index < -0.39 is 0 Å². The molecule has 5 heteroatoms. The number of hydrogen-bond donors (Lipinski definition) is 1. The lowest BCUT2D eigenvalue weighted by Gasteiger charge is -2.10. The summed E-state index contributed by atoms with van der Waals surface area (Å²) in [4.78, 5) is 9.23. The highest BCUT2D eigenvalue weighted by Crippen LogP contribution is 2.29. The number of rotatable bonds is 6. The van der Waals surface area contributed by atoms with Gasteiger partial charge in [-0.2, -0.15) is 0 Å². The largest absolute Gasteiger partial charge is 0.370 e. The third-order valence-electron chi connectivity index (χ3n) is 3.01. The summed E-state index contributed by atoms with van der Waals surface area (Å²) in [5, 5.41) is 3.98. The summed E-state index contributed by atoms with van der Waals surface area (Å²) in [7, 11) is 0. The van der Waals surface area contributed by atoms with E-state index in [1.54, 1.807) is 0 Å². The van der Waals surface area contributed by atoms with E-state index in [-0.39, 0.29) is 0 Å². The summed E-state index contributed by atoms with van der Waals surface area (Å²) >= 11 is 9.74. The summed E-state index contributed by atoms with van der Waals surface area (Å²) in [6.45, 7) is 5.18. The molecule has 112 valence electrons. The van der Waals surface area contributed by atoms with Crippen LogP contribution in [0.3, 0.4) is 0 Å². The van der Waals surface area contributed by atoms with Crippen LogP contribution in [-0.2, 0) is 6.42 Å². The van der Waals surface area contributed by atoms with Crippen LogP contribution in [-0.4, -0.2) is 16.5 Å². The summed E-state index contributed by atoms with van der Waals surface area (Å²) in [6, 6.07) is 7.79. The molecule has 2 aromatic rings. The number of halogens is 2. The number of nitrogens with zero attached hydrogens (tertiary/aromatic N) is 2. The van der Waals surface area contributed by atoms with Crippen molar-refractivity contribution in [2.75, 3.05) is 11.9 Å². The minimum absolute atomic E-state index is 0.652. The van der Waals surface area contributed by atoms with Gasteiger partial charge in [-0.15, -0.1) is 0 Å². The second kappa shape index (κ2) is 7.76. The Morgan fingerprint density at radius 3 is 2.62 bits per heavy atom. The van der Waals surface area contributed by atoms with Crippen LogP contribution >= 0.6 is 27.5 Å². The first-order valence-corrected chi connectivity index (χ1v) is 8.38. The Bertz CT molecular complexity index is 616. The molecule has 0 radical (unpaired) electrons. The predicted octanol–water partition coefficient (Wildman–Crippen LogP) is 5.33. The Kier molecular flexibility index (Phi) is 6.00. The molecule has 0 atom stereocenters. The first-order valence-electron chi connectivity index (χ1n) is 7.21. The quantitative estimate of drug-likeness (QED) is 0.748. The van der Waals surface area contributed by atoms with Crippen LogP contribution in [0.2, 0.25) is 5.02 Å². The van der Waals surface area contributed by atoms with Crippen molar-refractivity contribution < 1.29 is 0 Å². The third kappa shape index (κ3) is 4.42. The molecule has 2 rings (SSSR count). The number of benzene rings is 1. The van der Waals surface area contributed by atoms with Crippen LogP contribution in [0.15, 0.2) is 28.7 Å². The van der Waals surface area contributed by atoms with E-state index in [2.05, 4.69) is 45.1 Å². The second-order valence-corrected chi connectivity index (χ2v) is 6.19. The van der Waals surface area contributed by atoms with Crippen molar-refractivity contribution in [1.29, 1.82) is 0 Å². The Hall–Kier alpha value is -1.13. The van der Waals surface area contributed by atoms with Gasteiger partial charge in [-0.3, -0.25) is 0 Å². The number of aromatic nitrogens is 2. The van der Waals surface area contributed by atoms with Crippen LogP contribution in [0, 0.1) is 0 Å². The zero-order chi connectivity index (χ0) is 15.2. The average Bonchev–Trinajstić information content (AvgIpc) is 2.45. The topological polar surface area (TPSA) is 37.8 Å². The molecular weight excluding hydrogens is 350 g/mol. The number of hydrogen-bond acceptors (Lipinski definition) is 3. The van der Waals surface area contributed by atoms with Crippen molar-refractivity contribution in [1.82, 2.24) is 9.97 Å². The summed E-state index contributed by atoms with van der Waals surface area (Å²) in [5.74, 6) is 1.54. The highest BCUT2D eigenvalue weighted by molar-refractivity contribution is 9.10.